The number of carbonyl (C=O) groups excluding carboxylic acids is 1. The maximum atomic E-state index is 11.9. The van der Waals surface area contributed by atoms with Gasteiger partial charge in [0, 0.05) is 25.9 Å². The monoisotopic (exact) mass is 307 g/mol. The van der Waals surface area contributed by atoms with E-state index < -0.39 is 11.7 Å². The Morgan fingerprint density at radius 2 is 2.14 bits per heavy atom. The van der Waals surface area contributed by atoms with Gasteiger partial charge in [-0.1, -0.05) is 0 Å². The number of aromatic nitrogens is 1. The average molecular weight is 307 g/mol. The van der Waals surface area contributed by atoms with E-state index >= 15 is 0 Å². The molecule has 1 aromatic heterocycles. The number of nitrogens with zero attached hydrogens (tertiary/aromatic N) is 2. The Morgan fingerprint density at radius 1 is 1.45 bits per heavy atom. The lowest BCUT2D eigenvalue weighted by atomic mass is 9.98. The summed E-state index contributed by atoms with van der Waals surface area (Å²) >= 11 is 0. The van der Waals surface area contributed by atoms with E-state index in [0.29, 0.717) is 11.6 Å². The van der Waals surface area contributed by atoms with E-state index in [1.54, 1.807) is 12.3 Å². The number of aliphatic hydroxyl groups is 1. The van der Waals surface area contributed by atoms with Crippen molar-refractivity contribution in [1.29, 1.82) is 0 Å². The minimum Gasteiger partial charge on any atom is -0.444 e. The molecule has 2 heterocycles. The second-order valence-corrected chi connectivity index (χ2v) is 6.61. The Bertz CT molecular complexity index is 506. The highest BCUT2D eigenvalue weighted by molar-refractivity contribution is 5.88. The molecule has 1 saturated heterocycles. The van der Waals surface area contributed by atoms with E-state index in [2.05, 4.69) is 15.2 Å². The Morgan fingerprint density at radius 3 is 2.73 bits per heavy atom. The molecule has 0 spiro atoms. The summed E-state index contributed by atoms with van der Waals surface area (Å²) in [5, 5.41) is 12.0. The van der Waals surface area contributed by atoms with Gasteiger partial charge in [0.25, 0.3) is 0 Å². The Labute approximate surface area is 131 Å². The van der Waals surface area contributed by atoms with E-state index in [9.17, 15) is 9.90 Å². The molecule has 1 aliphatic heterocycles. The van der Waals surface area contributed by atoms with Crippen LogP contribution in [0.15, 0.2) is 18.3 Å². The van der Waals surface area contributed by atoms with E-state index in [4.69, 9.17) is 4.74 Å². The van der Waals surface area contributed by atoms with Gasteiger partial charge >= 0.3 is 6.09 Å². The van der Waals surface area contributed by atoms with Crippen LogP contribution in [0.4, 0.5) is 16.3 Å². The first kappa shape index (κ1) is 16.5. The molecule has 2 rings (SSSR count). The summed E-state index contributed by atoms with van der Waals surface area (Å²) in [5.41, 5.74) is 0.116. The van der Waals surface area contributed by atoms with Crippen molar-refractivity contribution in [2.75, 3.05) is 29.9 Å². The Kier molecular flexibility index (Phi) is 5.24. The minimum atomic E-state index is -0.536. The fourth-order valence-electron chi connectivity index (χ4n) is 2.49. The molecular formula is C16H25N3O3. The zero-order valence-corrected chi connectivity index (χ0v) is 13.5. The summed E-state index contributed by atoms with van der Waals surface area (Å²) < 4.78 is 5.29. The standard InChI is InChI=1S/C16H25N3O3/c1-16(2,3)22-15(21)18-13-5-4-8-17-14(13)19-9-6-12(11-20)7-10-19/h4-5,8,12,20H,6-7,9-11H2,1-3H3,(H,18,21). The molecule has 0 aliphatic carbocycles. The number of carbonyl (C=O) groups is 1. The lowest BCUT2D eigenvalue weighted by Crippen LogP contribution is -2.36. The number of piperidine rings is 1. The average Bonchev–Trinajstić information content (AvgIpc) is 2.46. The fraction of sp³-hybridized carbons (Fsp3) is 0.625. The summed E-state index contributed by atoms with van der Waals surface area (Å²) in [5.74, 6) is 1.12. The van der Waals surface area contributed by atoms with Crippen LogP contribution in [0, 0.1) is 5.92 Å². The highest BCUT2D eigenvalue weighted by Gasteiger charge is 2.23. The van der Waals surface area contributed by atoms with Gasteiger partial charge in [0.05, 0.1) is 5.69 Å². The summed E-state index contributed by atoms with van der Waals surface area (Å²) in [6.07, 6.45) is 3.10. The van der Waals surface area contributed by atoms with Crippen LogP contribution in [0.1, 0.15) is 33.6 Å². The second kappa shape index (κ2) is 6.96. The third-order valence-electron chi connectivity index (χ3n) is 3.59. The predicted molar refractivity (Wildman–Crippen MR) is 86.1 cm³/mol. The fourth-order valence-corrected chi connectivity index (χ4v) is 2.49. The number of amides is 1. The quantitative estimate of drug-likeness (QED) is 0.898. The van der Waals surface area contributed by atoms with Gasteiger partial charge < -0.3 is 14.7 Å². The van der Waals surface area contributed by atoms with Crippen LogP contribution in [0.3, 0.4) is 0 Å². The molecule has 1 amide bonds. The van der Waals surface area contributed by atoms with Gasteiger partial charge in [0.1, 0.15) is 5.60 Å². The molecule has 0 unspecified atom stereocenters. The molecule has 0 radical (unpaired) electrons. The number of rotatable bonds is 3. The maximum absolute atomic E-state index is 11.9. The van der Waals surface area contributed by atoms with Crippen LogP contribution in [0.5, 0.6) is 0 Å². The predicted octanol–water partition coefficient (Wildman–Crippen LogP) is 2.64. The van der Waals surface area contributed by atoms with Crippen LogP contribution in [0.2, 0.25) is 0 Å². The second-order valence-electron chi connectivity index (χ2n) is 6.61. The van der Waals surface area contributed by atoms with Crippen molar-refractivity contribution in [3.05, 3.63) is 18.3 Å². The molecule has 0 aromatic carbocycles. The summed E-state index contributed by atoms with van der Waals surface area (Å²) in [4.78, 5) is 18.5. The van der Waals surface area contributed by atoms with Crippen LogP contribution in [0.25, 0.3) is 0 Å². The van der Waals surface area contributed by atoms with E-state index in [0.717, 1.165) is 31.7 Å². The van der Waals surface area contributed by atoms with Crippen LogP contribution in [-0.4, -0.2) is 41.5 Å². The Hall–Kier alpha value is -1.82. The number of hydrogen-bond donors (Lipinski definition) is 2. The highest BCUT2D eigenvalue weighted by atomic mass is 16.6. The van der Waals surface area contributed by atoms with Crippen molar-refractivity contribution >= 4 is 17.6 Å². The maximum Gasteiger partial charge on any atom is 0.412 e. The van der Waals surface area contributed by atoms with Crippen LogP contribution >= 0.6 is 0 Å². The van der Waals surface area contributed by atoms with Gasteiger partial charge in [0.2, 0.25) is 0 Å². The number of aliphatic hydroxyl groups excluding tert-OH is 1. The first-order valence-corrected chi connectivity index (χ1v) is 7.70. The van der Waals surface area contributed by atoms with E-state index in [1.165, 1.54) is 0 Å². The number of ether oxygens (including phenoxy) is 1. The molecular weight excluding hydrogens is 282 g/mol. The minimum absolute atomic E-state index is 0.235. The van der Waals surface area contributed by atoms with Gasteiger partial charge in [-0.15, -0.1) is 0 Å². The van der Waals surface area contributed by atoms with Gasteiger partial charge in [-0.3, -0.25) is 5.32 Å². The van der Waals surface area contributed by atoms with Crippen molar-refractivity contribution in [2.45, 2.75) is 39.2 Å². The molecule has 0 bridgehead atoms. The molecule has 1 fully saturated rings. The van der Waals surface area contributed by atoms with Gasteiger partial charge in [-0.2, -0.15) is 0 Å². The number of nitrogens with one attached hydrogen (secondary N) is 1. The molecule has 22 heavy (non-hydrogen) atoms. The SMILES string of the molecule is CC(C)(C)OC(=O)Nc1cccnc1N1CCC(CO)CC1. The molecule has 0 saturated carbocycles. The van der Waals surface area contributed by atoms with E-state index in [-0.39, 0.29) is 6.61 Å². The topological polar surface area (TPSA) is 74.7 Å². The lowest BCUT2D eigenvalue weighted by Gasteiger charge is -2.33. The van der Waals surface area contributed by atoms with Crippen LogP contribution in [-0.2, 0) is 4.74 Å². The number of pyridine rings is 1. The highest BCUT2D eigenvalue weighted by Crippen LogP contribution is 2.27. The molecule has 1 aliphatic rings. The van der Waals surface area contributed by atoms with Crippen molar-refractivity contribution in [3.63, 3.8) is 0 Å². The molecule has 0 atom stereocenters. The Balaban J connectivity index is 2.06. The molecule has 122 valence electrons. The molecule has 1 aromatic rings. The molecule has 6 nitrogen and oxygen atoms in total. The summed E-state index contributed by atoms with van der Waals surface area (Å²) in [6, 6.07) is 3.61. The molecule has 6 heteroatoms. The van der Waals surface area contributed by atoms with E-state index in [1.807, 2.05) is 26.8 Å². The zero-order valence-electron chi connectivity index (χ0n) is 13.5. The van der Waals surface area contributed by atoms with Crippen molar-refractivity contribution in [1.82, 2.24) is 4.98 Å². The third kappa shape index (κ3) is 4.59. The smallest absolute Gasteiger partial charge is 0.412 e. The number of anilines is 2. The van der Waals surface area contributed by atoms with Crippen molar-refractivity contribution < 1.29 is 14.6 Å². The first-order valence-electron chi connectivity index (χ1n) is 7.70. The molecule has 2 N–H and O–H groups in total. The lowest BCUT2D eigenvalue weighted by molar-refractivity contribution is 0.0636. The van der Waals surface area contributed by atoms with Crippen LogP contribution < -0.4 is 10.2 Å². The van der Waals surface area contributed by atoms with Gasteiger partial charge in [-0.05, 0) is 51.7 Å². The number of hydrogen-bond acceptors (Lipinski definition) is 5. The first-order chi connectivity index (χ1) is 10.4. The van der Waals surface area contributed by atoms with Gasteiger partial charge in [-0.25, -0.2) is 9.78 Å². The van der Waals surface area contributed by atoms with Gasteiger partial charge in [0.15, 0.2) is 5.82 Å². The van der Waals surface area contributed by atoms with Crippen molar-refractivity contribution in [2.24, 2.45) is 5.92 Å². The van der Waals surface area contributed by atoms with Crippen molar-refractivity contribution in [3.8, 4) is 0 Å². The summed E-state index contributed by atoms with van der Waals surface area (Å²) in [7, 11) is 0. The summed E-state index contributed by atoms with van der Waals surface area (Å²) in [6.45, 7) is 7.37. The zero-order chi connectivity index (χ0) is 16.2. The normalized spacial score (nSPS) is 16.5. The largest absolute Gasteiger partial charge is 0.444 e. The third-order valence-corrected chi connectivity index (χ3v) is 3.59.